The van der Waals surface area contributed by atoms with Gasteiger partial charge in [0, 0.05) is 14.1 Å². The molecule has 5 nitrogen and oxygen atoms in total. The van der Waals surface area contributed by atoms with E-state index < -0.39 is 11.8 Å². The van der Waals surface area contributed by atoms with Gasteiger partial charge in [-0.1, -0.05) is 24.6 Å². The fraction of sp³-hybridized carbons (Fsp3) is 0.353. The molecule has 7 heteroatoms. The molecule has 128 valence electrons. The normalized spacial score (nSPS) is 16.5. The van der Waals surface area contributed by atoms with Crippen molar-refractivity contribution in [3.8, 4) is 5.75 Å². The van der Waals surface area contributed by atoms with E-state index in [-0.39, 0.29) is 16.8 Å². The summed E-state index contributed by atoms with van der Waals surface area (Å²) in [5.74, 6) is -0.289. The monoisotopic (exact) mass is 366 g/mol. The van der Waals surface area contributed by atoms with Crippen molar-refractivity contribution in [3.05, 3.63) is 34.4 Å². The molecule has 0 saturated carbocycles. The molecular weight excluding hydrogens is 348 g/mol. The van der Waals surface area contributed by atoms with Crippen molar-refractivity contribution in [1.29, 1.82) is 0 Å². The Morgan fingerprint density at radius 1 is 1.25 bits per heavy atom. The first-order chi connectivity index (χ1) is 11.3. The van der Waals surface area contributed by atoms with Gasteiger partial charge in [-0.15, -0.1) is 0 Å². The van der Waals surface area contributed by atoms with Crippen LogP contribution in [0.5, 0.6) is 5.75 Å². The highest BCUT2D eigenvalue weighted by molar-refractivity contribution is 7.80. The van der Waals surface area contributed by atoms with E-state index in [0.717, 1.165) is 6.42 Å². The smallest absolute Gasteiger partial charge is 0.265 e. The van der Waals surface area contributed by atoms with Gasteiger partial charge in [0.25, 0.3) is 11.8 Å². The number of carbonyl (C=O) groups is 2. The molecule has 1 aliphatic heterocycles. The molecule has 1 heterocycles. The maximum atomic E-state index is 12.3. The molecule has 0 aliphatic carbocycles. The largest absolute Gasteiger partial charge is 0.489 e. The van der Waals surface area contributed by atoms with Crippen LogP contribution in [0.15, 0.2) is 23.8 Å². The highest BCUT2D eigenvalue weighted by Crippen LogP contribution is 2.28. The zero-order chi connectivity index (χ0) is 18.0. The second-order valence-corrected chi connectivity index (χ2v) is 6.37. The number of carbonyl (C=O) groups excluding carboxylic acids is 2. The Hall–Kier alpha value is -1.92. The Balaban J connectivity index is 2.33. The summed E-state index contributed by atoms with van der Waals surface area (Å²) in [6.07, 6.45) is 2.43. The molecular formula is C17H19ClN2O3S. The summed E-state index contributed by atoms with van der Waals surface area (Å²) in [7, 11) is 3.08. The van der Waals surface area contributed by atoms with Gasteiger partial charge < -0.3 is 4.74 Å². The van der Waals surface area contributed by atoms with Gasteiger partial charge in [0.1, 0.15) is 11.3 Å². The van der Waals surface area contributed by atoms with Crippen LogP contribution in [0.2, 0.25) is 5.02 Å². The van der Waals surface area contributed by atoms with Crippen LogP contribution < -0.4 is 4.74 Å². The molecule has 0 spiro atoms. The fourth-order valence-electron chi connectivity index (χ4n) is 2.14. The molecule has 1 atom stereocenters. The van der Waals surface area contributed by atoms with E-state index in [1.165, 1.54) is 30.0 Å². The van der Waals surface area contributed by atoms with Crippen LogP contribution >= 0.6 is 23.8 Å². The minimum absolute atomic E-state index is 0.0419. The quantitative estimate of drug-likeness (QED) is 0.466. The second-order valence-electron chi connectivity index (χ2n) is 5.60. The van der Waals surface area contributed by atoms with E-state index in [4.69, 9.17) is 28.6 Å². The van der Waals surface area contributed by atoms with Gasteiger partial charge in [-0.3, -0.25) is 19.4 Å². The Labute approximate surface area is 151 Å². The Kier molecular flexibility index (Phi) is 5.62. The second kappa shape index (κ2) is 7.32. The van der Waals surface area contributed by atoms with Crippen molar-refractivity contribution in [2.24, 2.45) is 0 Å². The molecule has 1 fully saturated rings. The average Bonchev–Trinajstić information content (AvgIpc) is 2.57. The van der Waals surface area contributed by atoms with Gasteiger partial charge in [0.15, 0.2) is 5.11 Å². The summed E-state index contributed by atoms with van der Waals surface area (Å²) in [5, 5.41) is 0.607. The fourth-order valence-corrected chi connectivity index (χ4v) is 2.54. The van der Waals surface area contributed by atoms with Crippen molar-refractivity contribution >= 4 is 46.8 Å². The number of amides is 2. The predicted octanol–water partition coefficient (Wildman–Crippen LogP) is 3.12. The van der Waals surface area contributed by atoms with Crippen LogP contribution in [-0.2, 0) is 9.59 Å². The maximum absolute atomic E-state index is 12.3. The van der Waals surface area contributed by atoms with E-state index in [1.54, 1.807) is 18.2 Å². The molecule has 1 aromatic carbocycles. The van der Waals surface area contributed by atoms with Crippen molar-refractivity contribution in [2.75, 3.05) is 14.1 Å². The zero-order valence-corrected chi connectivity index (χ0v) is 15.6. The van der Waals surface area contributed by atoms with Gasteiger partial charge in [0.2, 0.25) is 0 Å². The molecule has 0 unspecified atom stereocenters. The molecule has 0 N–H and O–H groups in total. The lowest BCUT2D eigenvalue weighted by Crippen LogP contribution is -2.52. The first-order valence-corrected chi connectivity index (χ1v) is 8.32. The minimum atomic E-state index is -0.431. The van der Waals surface area contributed by atoms with E-state index in [1.807, 2.05) is 13.8 Å². The van der Waals surface area contributed by atoms with Gasteiger partial charge in [0.05, 0.1) is 11.1 Å². The minimum Gasteiger partial charge on any atom is -0.489 e. The molecule has 0 aromatic heterocycles. The van der Waals surface area contributed by atoms with E-state index in [9.17, 15) is 9.59 Å². The molecule has 2 rings (SSSR count). The van der Waals surface area contributed by atoms with Crippen LogP contribution in [0, 0.1) is 0 Å². The third-order valence-electron chi connectivity index (χ3n) is 3.81. The molecule has 2 amide bonds. The van der Waals surface area contributed by atoms with Gasteiger partial charge in [-0.2, -0.15) is 0 Å². The lowest BCUT2D eigenvalue weighted by atomic mass is 10.1. The number of hydrogen-bond donors (Lipinski definition) is 0. The summed E-state index contributed by atoms with van der Waals surface area (Å²) in [6, 6.07) is 5.15. The summed E-state index contributed by atoms with van der Waals surface area (Å²) < 4.78 is 5.71. The van der Waals surface area contributed by atoms with Gasteiger partial charge in [-0.05, 0) is 49.3 Å². The predicted molar refractivity (Wildman–Crippen MR) is 97.9 cm³/mol. The van der Waals surface area contributed by atoms with Gasteiger partial charge in [-0.25, -0.2) is 0 Å². The summed E-state index contributed by atoms with van der Waals surface area (Å²) in [4.78, 5) is 27.1. The number of hydrogen-bond acceptors (Lipinski definition) is 4. The van der Waals surface area contributed by atoms with Crippen LogP contribution in [0.4, 0.5) is 0 Å². The lowest BCUT2D eigenvalue weighted by molar-refractivity contribution is -0.132. The van der Waals surface area contributed by atoms with Crippen molar-refractivity contribution in [1.82, 2.24) is 9.80 Å². The maximum Gasteiger partial charge on any atom is 0.265 e. The molecule has 24 heavy (non-hydrogen) atoms. The van der Waals surface area contributed by atoms with Crippen LogP contribution in [-0.4, -0.2) is 46.9 Å². The van der Waals surface area contributed by atoms with Crippen LogP contribution in [0.25, 0.3) is 6.08 Å². The van der Waals surface area contributed by atoms with Crippen molar-refractivity contribution < 1.29 is 14.3 Å². The molecule has 1 aromatic rings. The summed E-state index contributed by atoms with van der Waals surface area (Å²) in [5.41, 5.74) is 0.683. The Bertz CT molecular complexity index is 707. The van der Waals surface area contributed by atoms with Crippen LogP contribution in [0.1, 0.15) is 25.8 Å². The van der Waals surface area contributed by atoms with E-state index >= 15 is 0 Å². The molecule has 0 radical (unpaired) electrons. The lowest BCUT2D eigenvalue weighted by Gasteiger charge is -2.31. The number of rotatable bonds is 4. The van der Waals surface area contributed by atoms with E-state index in [2.05, 4.69) is 0 Å². The number of thiocarbonyl (C=S) groups is 1. The van der Waals surface area contributed by atoms with Crippen molar-refractivity contribution in [2.45, 2.75) is 26.4 Å². The number of ether oxygens (including phenoxy) is 1. The van der Waals surface area contributed by atoms with E-state index in [0.29, 0.717) is 16.3 Å². The first kappa shape index (κ1) is 18.4. The SMILES string of the molecule is CC[C@H](C)Oc1ccc(C=C2C(=O)N(C)C(=S)N(C)C2=O)cc1Cl. The number of nitrogens with zero attached hydrogens (tertiary/aromatic N) is 2. The highest BCUT2D eigenvalue weighted by atomic mass is 35.5. The first-order valence-electron chi connectivity index (χ1n) is 7.54. The molecule has 0 bridgehead atoms. The standard InChI is InChI=1S/C17H19ClN2O3S/c1-5-10(2)23-14-7-6-11(9-13(14)18)8-12-15(21)19(3)17(24)20(4)16(12)22/h6-10H,5H2,1-4H3/t10-/m0/s1. The Morgan fingerprint density at radius 2 is 1.83 bits per heavy atom. The number of benzene rings is 1. The number of halogens is 1. The topological polar surface area (TPSA) is 49.9 Å². The summed E-state index contributed by atoms with van der Waals surface area (Å²) >= 11 is 11.3. The zero-order valence-electron chi connectivity index (χ0n) is 14.0. The average molecular weight is 367 g/mol. The summed E-state index contributed by atoms with van der Waals surface area (Å²) in [6.45, 7) is 3.98. The third kappa shape index (κ3) is 3.60. The highest BCUT2D eigenvalue weighted by Gasteiger charge is 2.35. The molecule has 1 saturated heterocycles. The third-order valence-corrected chi connectivity index (χ3v) is 4.66. The molecule has 1 aliphatic rings. The van der Waals surface area contributed by atoms with Gasteiger partial charge >= 0.3 is 0 Å². The van der Waals surface area contributed by atoms with Crippen LogP contribution in [0.3, 0.4) is 0 Å². The number of likely N-dealkylation sites (N-methyl/N-ethyl adjacent to an activating group) is 2. The Morgan fingerprint density at radius 3 is 2.33 bits per heavy atom. The van der Waals surface area contributed by atoms with Crippen molar-refractivity contribution in [3.63, 3.8) is 0 Å².